The van der Waals surface area contributed by atoms with Crippen molar-refractivity contribution >= 4 is 11.8 Å². The molecule has 2 N–H and O–H groups in total. The molecule has 0 aliphatic carbocycles. The Hall–Kier alpha value is -1.62. The molecule has 82 valence electrons. The highest BCUT2D eigenvalue weighted by atomic mass is 16.4. The summed E-state index contributed by atoms with van der Waals surface area (Å²) in [7, 11) is 3.95. The molecule has 0 saturated heterocycles. The molecule has 0 bridgehead atoms. The molecule has 1 aromatic rings. The molecule has 0 saturated carbocycles. The standard InChI is InChI=1S/C10H15N3O2/c1-13(2)6-5-12-9-7-8(10(14)15)3-4-11-9/h3-4,7H,5-6H2,1-2H3,(H,11,12)(H,14,15). The minimum absolute atomic E-state index is 0.248. The molecule has 0 atom stereocenters. The summed E-state index contributed by atoms with van der Waals surface area (Å²) in [4.78, 5) is 16.7. The van der Waals surface area contributed by atoms with Gasteiger partial charge in [-0.15, -0.1) is 0 Å². The number of carboxylic acid groups (broad SMARTS) is 1. The summed E-state index contributed by atoms with van der Waals surface area (Å²) in [5, 5.41) is 11.8. The minimum atomic E-state index is -0.937. The summed E-state index contributed by atoms with van der Waals surface area (Å²) in [5.74, 6) is -0.343. The number of nitrogens with zero attached hydrogens (tertiary/aromatic N) is 2. The van der Waals surface area contributed by atoms with E-state index in [0.29, 0.717) is 5.82 Å². The number of rotatable bonds is 5. The Morgan fingerprint density at radius 2 is 2.33 bits per heavy atom. The van der Waals surface area contributed by atoms with E-state index >= 15 is 0 Å². The molecule has 0 aliphatic rings. The topological polar surface area (TPSA) is 65.5 Å². The lowest BCUT2D eigenvalue weighted by molar-refractivity contribution is 0.0697. The van der Waals surface area contributed by atoms with Gasteiger partial charge in [-0.3, -0.25) is 0 Å². The highest BCUT2D eigenvalue weighted by molar-refractivity contribution is 5.88. The van der Waals surface area contributed by atoms with Crippen LogP contribution < -0.4 is 5.32 Å². The summed E-state index contributed by atoms with van der Waals surface area (Å²) in [6.45, 7) is 1.61. The van der Waals surface area contributed by atoms with Crippen LogP contribution >= 0.6 is 0 Å². The molecule has 1 heterocycles. The van der Waals surface area contributed by atoms with Gasteiger partial charge in [0.1, 0.15) is 5.82 Å². The van der Waals surface area contributed by atoms with Crippen LogP contribution in [0.25, 0.3) is 0 Å². The summed E-state index contributed by atoms with van der Waals surface area (Å²) in [6.07, 6.45) is 1.49. The molecule has 0 aliphatic heterocycles. The zero-order valence-electron chi connectivity index (χ0n) is 8.90. The molecule has 0 unspecified atom stereocenters. The lowest BCUT2D eigenvalue weighted by atomic mass is 10.2. The molecule has 0 radical (unpaired) electrons. The highest BCUT2D eigenvalue weighted by Gasteiger charge is 2.03. The first kappa shape index (κ1) is 11.5. The molecule has 15 heavy (non-hydrogen) atoms. The molecule has 0 aromatic carbocycles. The lowest BCUT2D eigenvalue weighted by Gasteiger charge is -2.10. The molecular formula is C10H15N3O2. The second-order valence-electron chi connectivity index (χ2n) is 3.46. The number of anilines is 1. The van der Waals surface area contributed by atoms with Crippen LogP contribution in [0.15, 0.2) is 18.3 Å². The summed E-state index contributed by atoms with van der Waals surface area (Å²) in [6, 6.07) is 3.00. The first-order chi connectivity index (χ1) is 7.09. The van der Waals surface area contributed by atoms with E-state index < -0.39 is 5.97 Å². The van der Waals surface area contributed by atoms with Gasteiger partial charge in [-0.05, 0) is 26.2 Å². The van der Waals surface area contributed by atoms with Gasteiger partial charge in [0.2, 0.25) is 0 Å². The summed E-state index contributed by atoms with van der Waals surface area (Å²) in [5.41, 5.74) is 0.248. The van der Waals surface area contributed by atoms with Gasteiger partial charge < -0.3 is 15.3 Å². The van der Waals surface area contributed by atoms with E-state index in [9.17, 15) is 4.79 Å². The number of hydrogen-bond donors (Lipinski definition) is 2. The Morgan fingerprint density at radius 1 is 1.60 bits per heavy atom. The van der Waals surface area contributed by atoms with E-state index in [-0.39, 0.29) is 5.56 Å². The van der Waals surface area contributed by atoms with E-state index in [4.69, 9.17) is 5.11 Å². The van der Waals surface area contributed by atoms with E-state index in [1.165, 1.54) is 18.3 Å². The van der Waals surface area contributed by atoms with Crippen molar-refractivity contribution in [1.82, 2.24) is 9.88 Å². The highest BCUT2D eigenvalue weighted by Crippen LogP contribution is 2.05. The Bertz CT molecular complexity index is 339. The Labute approximate surface area is 88.7 Å². The van der Waals surface area contributed by atoms with E-state index in [1.54, 1.807) is 0 Å². The normalized spacial score (nSPS) is 10.3. The number of aromatic carboxylic acids is 1. The Balaban J connectivity index is 2.54. The minimum Gasteiger partial charge on any atom is -0.478 e. The van der Waals surface area contributed by atoms with E-state index in [0.717, 1.165) is 13.1 Å². The van der Waals surface area contributed by atoms with Crippen molar-refractivity contribution < 1.29 is 9.90 Å². The van der Waals surface area contributed by atoms with Crippen LogP contribution in [0.5, 0.6) is 0 Å². The fourth-order valence-electron chi connectivity index (χ4n) is 1.07. The molecule has 1 aromatic heterocycles. The Morgan fingerprint density at radius 3 is 2.93 bits per heavy atom. The number of pyridine rings is 1. The molecule has 0 amide bonds. The van der Waals surface area contributed by atoms with Crippen LogP contribution in [0.2, 0.25) is 0 Å². The molecule has 0 spiro atoms. The van der Waals surface area contributed by atoms with Gasteiger partial charge in [-0.1, -0.05) is 0 Å². The van der Waals surface area contributed by atoms with Gasteiger partial charge in [0, 0.05) is 19.3 Å². The van der Waals surface area contributed by atoms with Crippen LogP contribution in [-0.2, 0) is 0 Å². The Kier molecular flexibility index (Phi) is 4.05. The second kappa shape index (κ2) is 5.31. The van der Waals surface area contributed by atoms with Gasteiger partial charge in [0.05, 0.1) is 5.56 Å². The largest absolute Gasteiger partial charge is 0.478 e. The monoisotopic (exact) mass is 209 g/mol. The van der Waals surface area contributed by atoms with Crippen molar-refractivity contribution in [3.63, 3.8) is 0 Å². The fraction of sp³-hybridized carbons (Fsp3) is 0.400. The van der Waals surface area contributed by atoms with Crippen molar-refractivity contribution in [2.45, 2.75) is 0 Å². The van der Waals surface area contributed by atoms with Gasteiger partial charge in [-0.2, -0.15) is 0 Å². The SMILES string of the molecule is CN(C)CCNc1cc(C(=O)O)ccn1. The van der Waals surface area contributed by atoms with Crippen LogP contribution in [-0.4, -0.2) is 48.1 Å². The van der Waals surface area contributed by atoms with Crippen molar-refractivity contribution in [1.29, 1.82) is 0 Å². The predicted octanol–water partition coefficient (Wildman–Crippen LogP) is 0.753. The van der Waals surface area contributed by atoms with Gasteiger partial charge in [-0.25, -0.2) is 9.78 Å². The zero-order chi connectivity index (χ0) is 11.3. The first-order valence-electron chi connectivity index (χ1n) is 4.67. The summed E-state index contributed by atoms with van der Waals surface area (Å²) >= 11 is 0. The predicted molar refractivity (Wildman–Crippen MR) is 58.2 cm³/mol. The molecular weight excluding hydrogens is 194 g/mol. The second-order valence-corrected chi connectivity index (χ2v) is 3.46. The molecule has 5 nitrogen and oxygen atoms in total. The van der Waals surface area contributed by atoms with E-state index in [2.05, 4.69) is 10.3 Å². The average Bonchev–Trinajstić information content (AvgIpc) is 2.17. The van der Waals surface area contributed by atoms with Crippen LogP contribution in [0.1, 0.15) is 10.4 Å². The third kappa shape index (κ3) is 3.95. The maximum atomic E-state index is 10.7. The average molecular weight is 209 g/mol. The number of carbonyl (C=O) groups is 1. The third-order valence-corrected chi connectivity index (χ3v) is 1.87. The van der Waals surface area contributed by atoms with Crippen LogP contribution in [0, 0.1) is 0 Å². The quantitative estimate of drug-likeness (QED) is 0.749. The van der Waals surface area contributed by atoms with E-state index in [1.807, 2.05) is 19.0 Å². The number of nitrogens with one attached hydrogen (secondary N) is 1. The van der Waals surface area contributed by atoms with Gasteiger partial charge >= 0.3 is 5.97 Å². The molecule has 0 fully saturated rings. The third-order valence-electron chi connectivity index (χ3n) is 1.87. The fourth-order valence-corrected chi connectivity index (χ4v) is 1.07. The van der Waals surface area contributed by atoms with Crippen molar-refractivity contribution in [2.75, 3.05) is 32.5 Å². The lowest BCUT2D eigenvalue weighted by Crippen LogP contribution is -2.21. The maximum absolute atomic E-state index is 10.7. The molecule has 5 heteroatoms. The number of hydrogen-bond acceptors (Lipinski definition) is 4. The number of aromatic nitrogens is 1. The van der Waals surface area contributed by atoms with Crippen molar-refractivity contribution in [2.24, 2.45) is 0 Å². The van der Waals surface area contributed by atoms with Crippen molar-refractivity contribution in [3.8, 4) is 0 Å². The van der Waals surface area contributed by atoms with Crippen molar-refractivity contribution in [3.05, 3.63) is 23.9 Å². The number of carboxylic acids is 1. The smallest absolute Gasteiger partial charge is 0.335 e. The molecule has 1 rings (SSSR count). The number of likely N-dealkylation sites (N-methyl/N-ethyl adjacent to an activating group) is 1. The maximum Gasteiger partial charge on any atom is 0.335 e. The van der Waals surface area contributed by atoms with Gasteiger partial charge in [0.25, 0.3) is 0 Å². The van der Waals surface area contributed by atoms with Gasteiger partial charge in [0.15, 0.2) is 0 Å². The summed E-state index contributed by atoms with van der Waals surface area (Å²) < 4.78 is 0. The van der Waals surface area contributed by atoms with Crippen LogP contribution in [0.4, 0.5) is 5.82 Å². The first-order valence-corrected chi connectivity index (χ1v) is 4.67. The van der Waals surface area contributed by atoms with Crippen LogP contribution in [0.3, 0.4) is 0 Å². The zero-order valence-corrected chi connectivity index (χ0v) is 8.90.